The van der Waals surface area contributed by atoms with E-state index in [2.05, 4.69) is 6.92 Å². The SMILES string of the molecule is CC1=C[C@]23C(=O)[C@@H](C=C(CO)[C@@H](O)[C@]2(O)[C@H]1O)C(C)(C)[C@H](C)C[C@H]3C. The van der Waals surface area contributed by atoms with Crippen molar-refractivity contribution in [3.8, 4) is 0 Å². The van der Waals surface area contributed by atoms with Crippen LogP contribution in [-0.4, -0.2) is 50.6 Å². The number of rotatable bonds is 1. The molecule has 0 aromatic heterocycles. The van der Waals surface area contributed by atoms with Crippen molar-refractivity contribution in [2.75, 3.05) is 6.61 Å². The van der Waals surface area contributed by atoms with Crippen LogP contribution in [0.3, 0.4) is 0 Å². The van der Waals surface area contributed by atoms with E-state index in [0.29, 0.717) is 12.0 Å². The topological polar surface area (TPSA) is 98.0 Å². The molecule has 25 heavy (non-hydrogen) atoms. The zero-order chi connectivity index (χ0) is 18.9. The number of Topliss-reactive ketones (excluding diaryl/α,β-unsaturated/α-hetero) is 1. The molecule has 0 aliphatic heterocycles. The van der Waals surface area contributed by atoms with Crippen molar-refractivity contribution in [2.45, 2.75) is 58.8 Å². The zero-order valence-electron chi connectivity index (χ0n) is 15.7. The standard InChI is InChI=1S/C20H30O5/c1-10-8-19-12(3)6-11(2)18(4,5)14(17(19)24)7-13(9-21)16(23)20(19,25)15(10)22/h7-8,11-12,14-16,21-23,25H,6,9H2,1-5H3/t11-,12-,14-,15+,16-,19+,20-/m1/s1. The maximum absolute atomic E-state index is 13.8. The van der Waals surface area contributed by atoms with Gasteiger partial charge in [0.1, 0.15) is 17.8 Å². The Labute approximate surface area is 149 Å². The Kier molecular flexibility index (Phi) is 4.12. The Morgan fingerprint density at radius 1 is 1.16 bits per heavy atom. The average Bonchev–Trinajstić information content (AvgIpc) is 2.69. The van der Waals surface area contributed by atoms with Crippen molar-refractivity contribution in [3.63, 3.8) is 0 Å². The van der Waals surface area contributed by atoms with Gasteiger partial charge in [-0.2, -0.15) is 0 Å². The molecular weight excluding hydrogens is 320 g/mol. The lowest BCUT2D eigenvalue weighted by Crippen LogP contribution is -2.65. The molecule has 7 atom stereocenters. The minimum atomic E-state index is -2.06. The van der Waals surface area contributed by atoms with Crippen LogP contribution in [0.5, 0.6) is 0 Å². The summed E-state index contributed by atoms with van der Waals surface area (Å²) in [5, 5.41) is 43.1. The molecule has 5 nitrogen and oxygen atoms in total. The van der Waals surface area contributed by atoms with E-state index in [4.69, 9.17) is 0 Å². The predicted octanol–water partition coefficient (Wildman–Crippen LogP) is 1.21. The van der Waals surface area contributed by atoms with Gasteiger partial charge in [0, 0.05) is 5.92 Å². The Morgan fingerprint density at radius 3 is 2.32 bits per heavy atom. The van der Waals surface area contributed by atoms with E-state index >= 15 is 0 Å². The fraction of sp³-hybridized carbons (Fsp3) is 0.750. The molecule has 0 aromatic carbocycles. The van der Waals surface area contributed by atoms with Gasteiger partial charge in [0.05, 0.1) is 12.0 Å². The first-order valence-corrected chi connectivity index (χ1v) is 9.09. The van der Waals surface area contributed by atoms with E-state index in [9.17, 15) is 25.2 Å². The predicted molar refractivity (Wildman–Crippen MR) is 93.5 cm³/mol. The number of carbonyl (C=O) groups excluding carboxylic acids is 1. The molecule has 1 saturated carbocycles. The van der Waals surface area contributed by atoms with Crippen molar-refractivity contribution < 1.29 is 25.2 Å². The Morgan fingerprint density at radius 2 is 1.76 bits per heavy atom. The van der Waals surface area contributed by atoms with Crippen LogP contribution in [0.2, 0.25) is 0 Å². The van der Waals surface area contributed by atoms with Crippen LogP contribution in [0, 0.1) is 28.6 Å². The molecule has 1 spiro atoms. The van der Waals surface area contributed by atoms with E-state index in [1.54, 1.807) is 19.1 Å². The number of hydrogen-bond acceptors (Lipinski definition) is 5. The van der Waals surface area contributed by atoms with Crippen molar-refractivity contribution in [1.29, 1.82) is 0 Å². The molecule has 140 valence electrons. The van der Waals surface area contributed by atoms with Crippen LogP contribution in [0.25, 0.3) is 0 Å². The third-order valence-corrected chi connectivity index (χ3v) is 7.54. The van der Waals surface area contributed by atoms with Gasteiger partial charge in [0.2, 0.25) is 0 Å². The van der Waals surface area contributed by atoms with Crippen LogP contribution in [0.15, 0.2) is 23.3 Å². The van der Waals surface area contributed by atoms with Gasteiger partial charge in [-0.15, -0.1) is 0 Å². The van der Waals surface area contributed by atoms with E-state index in [0.717, 1.165) is 0 Å². The van der Waals surface area contributed by atoms with Crippen molar-refractivity contribution in [2.24, 2.45) is 28.6 Å². The third kappa shape index (κ3) is 2.01. The molecule has 0 saturated heterocycles. The molecule has 1 fully saturated rings. The second kappa shape index (κ2) is 5.49. The molecule has 3 rings (SSSR count). The minimum absolute atomic E-state index is 0.171. The van der Waals surface area contributed by atoms with Crippen LogP contribution in [-0.2, 0) is 4.79 Å². The van der Waals surface area contributed by atoms with Gasteiger partial charge >= 0.3 is 0 Å². The molecule has 4 N–H and O–H groups in total. The molecule has 0 unspecified atom stereocenters. The summed E-state index contributed by atoms with van der Waals surface area (Å²) in [5.74, 6) is -0.779. The minimum Gasteiger partial charge on any atom is -0.392 e. The maximum atomic E-state index is 13.8. The third-order valence-electron chi connectivity index (χ3n) is 7.54. The number of ketones is 1. The second-order valence-electron chi connectivity index (χ2n) is 8.99. The van der Waals surface area contributed by atoms with Crippen molar-refractivity contribution in [1.82, 2.24) is 0 Å². The molecule has 0 amide bonds. The Bertz CT molecular complexity index is 663. The highest BCUT2D eigenvalue weighted by molar-refractivity contribution is 5.95. The largest absolute Gasteiger partial charge is 0.392 e. The monoisotopic (exact) mass is 350 g/mol. The van der Waals surface area contributed by atoms with E-state index in [-0.39, 0.29) is 23.2 Å². The number of carbonyl (C=O) groups is 1. The highest BCUT2D eigenvalue weighted by Crippen LogP contribution is 2.61. The van der Waals surface area contributed by atoms with Crippen LogP contribution in [0.4, 0.5) is 0 Å². The molecular formula is C20H30O5. The Hall–Kier alpha value is -1.01. The Balaban J connectivity index is 2.38. The first-order chi connectivity index (χ1) is 11.5. The van der Waals surface area contributed by atoms with Crippen LogP contribution >= 0.6 is 0 Å². The lowest BCUT2D eigenvalue weighted by molar-refractivity contribution is -0.189. The van der Waals surface area contributed by atoms with Crippen LogP contribution in [0.1, 0.15) is 41.0 Å². The van der Waals surface area contributed by atoms with Crippen molar-refractivity contribution in [3.05, 3.63) is 23.3 Å². The van der Waals surface area contributed by atoms with Gasteiger partial charge in [-0.25, -0.2) is 0 Å². The normalized spacial score (nSPS) is 49.0. The number of aliphatic hydroxyl groups is 4. The summed E-state index contributed by atoms with van der Waals surface area (Å²) < 4.78 is 0. The van der Waals surface area contributed by atoms with Crippen molar-refractivity contribution >= 4 is 5.78 Å². The summed E-state index contributed by atoms with van der Waals surface area (Å²) in [6.45, 7) is 9.27. The highest BCUT2D eigenvalue weighted by atomic mass is 16.4. The smallest absolute Gasteiger partial charge is 0.153 e. The highest BCUT2D eigenvalue weighted by Gasteiger charge is 2.71. The second-order valence-corrected chi connectivity index (χ2v) is 8.99. The summed E-state index contributed by atoms with van der Waals surface area (Å²) in [4.78, 5) is 13.8. The molecule has 0 aromatic rings. The first-order valence-electron chi connectivity index (χ1n) is 9.09. The molecule has 3 aliphatic carbocycles. The summed E-state index contributed by atoms with van der Waals surface area (Å²) in [7, 11) is 0. The van der Waals surface area contributed by atoms with Gasteiger partial charge in [0.15, 0.2) is 5.78 Å². The lowest BCUT2D eigenvalue weighted by atomic mass is 9.59. The van der Waals surface area contributed by atoms with Gasteiger partial charge in [0.25, 0.3) is 0 Å². The van der Waals surface area contributed by atoms with E-state index in [1.807, 2.05) is 20.8 Å². The van der Waals surface area contributed by atoms with E-state index < -0.39 is 41.2 Å². The molecule has 5 heteroatoms. The molecule has 0 heterocycles. The summed E-state index contributed by atoms with van der Waals surface area (Å²) >= 11 is 0. The first kappa shape index (κ1) is 18.8. The number of fused-ring (bicyclic) bond motifs is 1. The van der Waals surface area contributed by atoms with Gasteiger partial charge in [-0.05, 0) is 41.7 Å². The molecule has 2 bridgehead atoms. The zero-order valence-corrected chi connectivity index (χ0v) is 15.7. The summed E-state index contributed by atoms with van der Waals surface area (Å²) in [6.07, 6.45) is 1.17. The quantitative estimate of drug-likeness (QED) is 0.533. The number of allylic oxidation sites excluding steroid dienone is 1. The average molecular weight is 350 g/mol. The lowest BCUT2D eigenvalue weighted by Gasteiger charge is -2.47. The fourth-order valence-corrected chi connectivity index (χ4v) is 5.49. The molecule has 0 radical (unpaired) electrons. The maximum Gasteiger partial charge on any atom is 0.153 e. The molecule has 3 aliphatic rings. The number of hydrogen-bond donors (Lipinski definition) is 4. The fourth-order valence-electron chi connectivity index (χ4n) is 5.49. The van der Waals surface area contributed by atoms with Gasteiger partial charge in [-0.3, -0.25) is 4.79 Å². The van der Waals surface area contributed by atoms with Gasteiger partial charge in [-0.1, -0.05) is 39.8 Å². The summed E-state index contributed by atoms with van der Waals surface area (Å²) in [6, 6.07) is 0. The summed E-state index contributed by atoms with van der Waals surface area (Å²) in [5.41, 5.74) is -3.12. The number of aliphatic hydroxyl groups excluding tert-OH is 3. The van der Waals surface area contributed by atoms with Gasteiger partial charge < -0.3 is 20.4 Å². The van der Waals surface area contributed by atoms with Crippen LogP contribution < -0.4 is 0 Å². The van der Waals surface area contributed by atoms with E-state index in [1.165, 1.54) is 0 Å².